The van der Waals surface area contributed by atoms with Gasteiger partial charge in [-0.05, 0) is 0 Å². The summed E-state index contributed by atoms with van der Waals surface area (Å²) in [5, 5.41) is 7.93. The minimum absolute atomic E-state index is 0. The topological polar surface area (TPSA) is 77.1 Å². The summed E-state index contributed by atoms with van der Waals surface area (Å²) in [4.78, 5) is 9.86. The second kappa shape index (κ2) is 11.0. The Labute approximate surface area is 109 Å². The Bertz CT molecular complexity index is 307. The molecule has 0 amide bonds. The average Bonchev–Trinajstić information content (AvgIpc) is 2.21. The molecular weight excluding hydrogens is 454 g/mol. The second-order valence-corrected chi connectivity index (χ2v) is 1.89. The predicted octanol–water partition coefficient (Wildman–Crippen LogP) is 2.04. The third kappa shape index (κ3) is 13.0. The number of hydrogen-bond acceptors (Lipinski definition) is 2. The van der Waals surface area contributed by atoms with Crippen LogP contribution in [0.15, 0.2) is 11.8 Å². The molecule has 0 aliphatic rings. The molecule has 1 N–H and O–H groups in total. The van der Waals surface area contributed by atoms with Gasteiger partial charge in [-0.15, -0.1) is 0 Å². The molecule has 0 unspecified atom stereocenters. The van der Waals surface area contributed by atoms with Crippen LogP contribution in [0.25, 0.3) is 0 Å². The van der Waals surface area contributed by atoms with Gasteiger partial charge in [0.1, 0.15) is 0 Å². The zero-order valence-electron chi connectivity index (χ0n) is 7.85. The van der Waals surface area contributed by atoms with E-state index in [-0.39, 0.29) is 20.1 Å². The fraction of sp³-hybridized carbons (Fsp3) is 0.286. The van der Waals surface area contributed by atoms with Crippen LogP contribution in [0, 0.1) is 13.3 Å². The van der Waals surface area contributed by atoms with Crippen molar-refractivity contribution in [2.75, 3.05) is 0 Å². The Hall–Kier alpha value is -1.08. The van der Waals surface area contributed by atoms with Gasteiger partial charge in [0.05, 0.1) is 0 Å². The summed E-state index contributed by atoms with van der Waals surface area (Å²) < 4.78 is 83.1. The number of allylic oxidation sites excluding steroid dienone is 2. The first-order chi connectivity index (χ1) is 7.55. The van der Waals surface area contributed by atoms with Crippen molar-refractivity contribution in [3.05, 3.63) is 25.1 Å². The second-order valence-electron chi connectivity index (χ2n) is 1.89. The average molecular weight is 456 g/mol. The molecule has 1 radical (unpaired) electrons. The van der Waals surface area contributed by atoms with E-state index >= 15 is 0 Å². The van der Waals surface area contributed by atoms with Crippen molar-refractivity contribution in [3.8, 4) is 0 Å². The first-order valence-corrected chi connectivity index (χ1v) is 3.05. The quantitative estimate of drug-likeness (QED) is 0.216. The SMILES string of the molecule is O=C(C=C(O)C(F)(F)F)C(F)(F)F.[C-]#[O+].[C-]#[O+].[Ir]. The van der Waals surface area contributed by atoms with Gasteiger partial charge in [-0.1, -0.05) is 0 Å². The van der Waals surface area contributed by atoms with Crippen LogP contribution < -0.4 is 0 Å². The Morgan fingerprint density at radius 1 is 0.944 bits per heavy atom. The van der Waals surface area contributed by atoms with Crippen molar-refractivity contribution in [1.82, 2.24) is 0 Å². The summed E-state index contributed by atoms with van der Waals surface area (Å²) in [6.45, 7) is 9.00. The van der Waals surface area contributed by atoms with E-state index in [1.807, 2.05) is 0 Å². The largest absolute Gasteiger partial charge is 0 e. The van der Waals surface area contributed by atoms with Crippen LogP contribution in [0.2, 0.25) is 0 Å². The van der Waals surface area contributed by atoms with Crippen molar-refractivity contribution < 1.29 is 65.7 Å². The maximum Gasteiger partial charge on any atom is 0 e. The van der Waals surface area contributed by atoms with Crippen LogP contribution in [0.3, 0.4) is 0 Å². The molecule has 11 heteroatoms. The predicted molar refractivity (Wildman–Crippen MR) is 35.7 cm³/mol. The first-order valence-electron chi connectivity index (χ1n) is 3.05. The van der Waals surface area contributed by atoms with Crippen molar-refractivity contribution in [2.45, 2.75) is 12.4 Å². The molecule has 0 aliphatic heterocycles. The van der Waals surface area contributed by atoms with E-state index in [0.717, 1.165) is 0 Å². The van der Waals surface area contributed by atoms with Gasteiger partial charge in [0, 0.05) is 26.2 Å². The molecule has 0 aromatic carbocycles. The fourth-order valence-electron chi connectivity index (χ4n) is 0.288. The number of ketones is 1. The Kier molecular flexibility index (Phi) is 15.7. The summed E-state index contributed by atoms with van der Waals surface area (Å²) >= 11 is 0. The number of halogens is 6. The number of hydrogen-bond donors (Lipinski definition) is 1. The van der Waals surface area contributed by atoms with Crippen LogP contribution in [0.1, 0.15) is 0 Å². The monoisotopic (exact) mass is 457 g/mol. The standard InChI is InChI=1S/C5H2F6O2.2CO.Ir/c6-4(7,8)2(12)1-3(13)5(9,10)11;2*1-2;/h1,12H;;;. The minimum atomic E-state index is -5.42. The maximum absolute atomic E-state index is 11.4. The molecule has 0 rings (SSSR count). The molecule has 0 saturated heterocycles. The van der Waals surface area contributed by atoms with Crippen molar-refractivity contribution in [2.24, 2.45) is 0 Å². The van der Waals surface area contributed by atoms with Crippen molar-refractivity contribution in [3.63, 3.8) is 0 Å². The van der Waals surface area contributed by atoms with Crippen LogP contribution in [-0.2, 0) is 34.2 Å². The Morgan fingerprint density at radius 3 is 1.39 bits per heavy atom. The zero-order chi connectivity index (χ0) is 14.9. The third-order valence-corrected chi connectivity index (χ3v) is 0.838. The molecule has 0 atom stereocenters. The third-order valence-electron chi connectivity index (χ3n) is 0.838. The van der Waals surface area contributed by atoms with Crippen molar-refractivity contribution in [1.29, 1.82) is 0 Å². The number of aliphatic hydroxyl groups is 1. The van der Waals surface area contributed by atoms with E-state index in [4.69, 9.17) is 14.4 Å². The summed E-state index contributed by atoms with van der Waals surface area (Å²) in [5.74, 6) is -5.34. The molecule has 0 heterocycles. The molecule has 105 valence electrons. The summed E-state index contributed by atoms with van der Waals surface area (Å²) in [7, 11) is 0. The molecule has 0 fully saturated rings. The van der Waals surface area contributed by atoms with Gasteiger partial charge in [0.15, 0.2) is 0 Å². The van der Waals surface area contributed by atoms with Crippen LogP contribution in [0.4, 0.5) is 26.3 Å². The van der Waals surface area contributed by atoms with E-state index in [1.54, 1.807) is 0 Å². The van der Waals surface area contributed by atoms with E-state index in [1.165, 1.54) is 0 Å². The van der Waals surface area contributed by atoms with E-state index in [0.29, 0.717) is 0 Å². The van der Waals surface area contributed by atoms with E-state index in [2.05, 4.69) is 13.3 Å². The summed E-state index contributed by atoms with van der Waals surface area (Å²) in [6, 6.07) is 0. The van der Waals surface area contributed by atoms with Gasteiger partial charge >= 0.3 is 35.0 Å². The van der Waals surface area contributed by atoms with Gasteiger partial charge in [-0.2, -0.15) is 26.3 Å². The molecule has 0 aliphatic carbocycles. The summed E-state index contributed by atoms with van der Waals surface area (Å²) in [5.41, 5.74) is 0. The number of rotatable bonds is 1. The number of carbonyl (C=O) groups is 1. The Balaban J connectivity index is -0.000000177. The number of carbonyl (C=O) groups excluding carboxylic acids is 1. The molecule has 0 spiro atoms. The molecular formula is C7H2F6IrO4. The molecule has 0 aromatic rings. The molecule has 18 heavy (non-hydrogen) atoms. The molecule has 0 aromatic heterocycles. The van der Waals surface area contributed by atoms with Crippen LogP contribution in [-0.4, -0.2) is 23.2 Å². The molecule has 0 saturated carbocycles. The van der Waals surface area contributed by atoms with Crippen LogP contribution in [0.5, 0.6) is 0 Å². The summed E-state index contributed by atoms with van der Waals surface area (Å²) in [6.07, 6.45) is -11.7. The fourth-order valence-corrected chi connectivity index (χ4v) is 0.288. The van der Waals surface area contributed by atoms with E-state index < -0.39 is 30.0 Å². The normalized spacial score (nSPS) is 10.7. The first kappa shape index (κ1) is 25.7. The van der Waals surface area contributed by atoms with Crippen molar-refractivity contribution >= 4 is 5.78 Å². The van der Waals surface area contributed by atoms with Gasteiger partial charge in [0.25, 0.3) is 5.78 Å². The van der Waals surface area contributed by atoms with Gasteiger partial charge in [-0.25, -0.2) is 0 Å². The van der Waals surface area contributed by atoms with Crippen LogP contribution >= 0.6 is 0 Å². The van der Waals surface area contributed by atoms with E-state index in [9.17, 15) is 31.1 Å². The molecule has 0 bridgehead atoms. The number of aliphatic hydroxyl groups excluding tert-OH is 1. The smallest absolute Gasteiger partial charge is 0 e. The zero-order valence-corrected chi connectivity index (χ0v) is 10.2. The maximum atomic E-state index is 11.4. The van der Waals surface area contributed by atoms with Gasteiger partial charge < -0.3 is 5.11 Å². The Morgan fingerprint density at radius 2 is 1.22 bits per heavy atom. The van der Waals surface area contributed by atoms with Gasteiger partial charge in [-0.3, -0.25) is 4.79 Å². The minimum Gasteiger partial charge on any atom is 0 e. The molecule has 4 nitrogen and oxygen atoms in total. The number of alkyl halides is 6. The van der Waals surface area contributed by atoms with Gasteiger partial charge in [0.2, 0.25) is 5.76 Å².